The van der Waals surface area contributed by atoms with Crippen molar-refractivity contribution >= 4 is 11.6 Å². The molecule has 0 saturated heterocycles. The van der Waals surface area contributed by atoms with Gasteiger partial charge in [0.2, 0.25) is 0 Å². The van der Waals surface area contributed by atoms with Gasteiger partial charge in [-0.15, -0.1) is 0 Å². The molecule has 0 amide bonds. The van der Waals surface area contributed by atoms with Gasteiger partial charge in [-0.1, -0.05) is 25.4 Å². The van der Waals surface area contributed by atoms with Crippen molar-refractivity contribution in [2.45, 2.75) is 26.8 Å². The third-order valence-corrected chi connectivity index (χ3v) is 3.18. The van der Waals surface area contributed by atoms with E-state index in [1.54, 1.807) is 0 Å². The van der Waals surface area contributed by atoms with E-state index in [9.17, 15) is 0 Å². The van der Waals surface area contributed by atoms with Crippen molar-refractivity contribution in [2.24, 2.45) is 0 Å². The van der Waals surface area contributed by atoms with E-state index in [2.05, 4.69) is 24.3 Å². The van der Waals surface area contributed by atoms with Crippen molar-refractivity contribution in [1.29, 1.82) is 0 Å². The van der Waals surface area contributed by atoms with Gasteiger partial charge in [0, 0.05) is 22.8 Å². The minimum atomic E-state index is 0.747. The molecule has 0 aliphatic heterocycles. The monoisotopic (exact) mass is 263 g/mol. The third-order valence-electron chi connectivity index (χ3n) is 2.93. The van der Waals surface area contributed by atoms with E-state index in [-0.39, 0.29) is 0 Å². The zero-order valence-corrected chi connectivity index (χ0v) is 11.5. The van der Waals surface area contributed by atoms with Crippen molar-refractivity contribution in [2.75, 3.05) is 6.54 Å². The highest BCUT2D eigenvalue weighted by atomic mass is 35.5. The van der Waals surface area contributed by atoms with Gasteiger partial charge >= 0.3 is 0 Å². The number of hydrogen-bond acceptors (Lipinski definition) is 2. The Morgan fingerprint density at radius 2 is 1.94 bits per heavy atom. The molecule has 0 atom stereocenters. The molecule has 0 radical (unpaired) electrons. The highest BCUT2D eigenvalue weighted by Gasteiger charge is 2.09. The van der Waals surface area contributed by atoms with E-state index in [0.717, 1.165) is 30.2 Å². The van der Waals surface area contributed by atoms with Gasteiger partial charge in [-0.2, -0.15) is 5.10 Å². The lowest BCUT2D eigenvalue weighted by Gasteiger charge is -2.08. The fraction of sp³-hybridized carbons (Fsp3) is 0.357. The molecule has 1 aromatic heterocycles. The lowest BCUT2D eigenvalue weighted by Crippen LogP contribution is -2.13. The van der Waals surface area contributed by atoms with Gasteiger partial charge in [0.1, 0.15) is 0 Å². The number of nitrogens with one attached hydrogen (secondary N) is 1. The molecule has 0 saturated carbocycles. The van der Waals surface area contributed by atoms with Crippen LogP contribution in [0.2, 0.25) is 5.02 Å². The normalized spacial score (nSPS) is 10.8. The number of halogens is 1. The van der Waals surface area contributed by atoms with Gasteiger partial charge in [0.05, 0.1) is 11.9 Å². The molecule has 0 bridgehead atoms. The summed E-state index contributed by atoms with van der Waals surface area (Å²) in [5.41, 5.74) is 3.56. The average molecular weight is 264 g/mol. The van der Waals surface area contributed by atoms with Crippen LogP contribution in [-0.4, -0.2) is 16.3 Å². The number of hydrogen-bond donors (Lipinski definition) is 1. The minimum absolute atomic E-state index is 0.747. The van der Waals surface area contributed by atoms with Gasteiger partial charge in [-0.3, -0.25) is 0 Å². The molecule has 1 aromatic carbocycles. The molecule has 0 unspecified atom stereocenters. The number of rotatable bonds is 5. The van der Waals surface area contributed by atoms with Crippen molar-refractivity contribution in [3.8, 4) is 5.69 Å². The summed E-state index contributed by atoms with van der Waals surface area (Å²) in [7, 11) is 0. The molecule has 1 N–H and O–H groups in total. The van der Waals surface area contributed by atoms with Gasteiger partial charge < -0.3 is 5.32 Å². The van der Waals surface area contributed by atoms with Gasteiger partial charge in [-0.05, 0) is 37.2 Å². The van der Waals surface area contributed by atoms with Crippen LogP contribution in [0.15, 0.2) is 30.5 Å². The maximum Gasteiger partial charge on any atom is 0.0649 e. The first-order valence-corrected chi connectivity index (χ1v) is 6.66. The Hall–Kier alpha value is -1.32. The number of aromatic nitrogens is 2. The second-order valence-electron chi connectivity index (χ2n) is 4.14. The molecule has 0 spiro atoms. The summed E-state index contributed by atoms with van der Waals surface area (Å²) in [5, 5.41) is 8.56. The quantitative estimate of drug-likeness (QED) is 0.898. The van der Waals surface area contributed by atoms with E-state index in [0.29, 0.717) is 0 Å². The Morgan fingerprint density at radius 3 is 2.56 bits per heavy atom. The van der Waals surface area contributed by atoms with E-state index in [4.69, 9.17) is 11.6 Å². The van der Waals surface area contributed by atoms with Crippen LogP contribution in [0.1, 0.15) is 25.1 Å². The first-order chi connectivity index (χ1) is 8.76. The molecular formula is C14H18ClN3. The van der Waals surface area contributed by atoms with Crippen LogP contribution in [0.5, 0.6) is 0 Å². The van der Waals surface area contributed by atoms with E-state index >= 15 is 0 Å². The standard InChI is InChI=1S/C14H18ClN3/c1-3-14-11(9-16-4-2)10-17-18(14)13-7-5-12(15)6-8-13/h5-8,10,16H,3-4,9H2,1-2H3. The fourth-order valence-corrected chi connectivity index (χ4v) is 2.12. The van der Waals surface area contributed by atoms with Gasteiger partial charge in [-0.25, -0.2) is 4.68 Å². The van der Waals surface area contributed by atoms with Crippen LogP contribution < -0.4 is 5.32 Å². The summed E-state index contributed by atoms with van der Waals surface area (Å²) >= 11 is 5.91. The molecule has 0 aliphatic carbocycles. The Morgan fingerprint density at radius 1 is 1.22 bits per heavy atom. The lowest BCUT2D eigenvalue weighted by molar-refractivity contribution is 0.716. The summed E-state index contributed by atoms with van der Waals surface area (Å²) in [6.45, 7) is 6.09. The molecule has 2 rings (SSSR count). The maximum atomic E-state index is 5.91. The predicted octanol–water partition coefficient (Wildman–Crippen LogP) is 3.20. The van der Waals surface area contributed by atoms with E-state index in [1.165, 1.54) is 11.3 Å². The third kappa shape index (κ3) is 2.74. The second kappa shape index (κ2) is 6.03. The first kappa shape index (κ1) is 13.1. The summed E-state index contributed by atoms with van der Waals surface area (Å²) in [6, 6.07) is 7.76. The van der Waals surface area contributed by atoms with Gasteiger partial charge in [0.15, 0.2) is 0 Å². The molecule has 0 fully saturated rings. The zero-order chi connectivity index (χ0) is 13.0. The first-order valence-electron chi connectivity index (χ1n) is 6.28. The van der Waals surface area contributed by atoms with Crippen molar-refractivity contribution in [3.05, 3.63) is 46.7 Å². The Labute approximate surface area is 113 Å². The largest absolute Gasteiger partial charge is 0.313 e. The Bertz CT molecular complexity index is 502. The molecule has 2 aromatic rings. The summed E-state index contributed by atoms with van der Waals surface area (Å²) in [4.78, 5) is 0. The number of nitrogens with zero attached hydrogens (tertiary/aromatic N) is 2. The van der Waals surface area contributed by atoms with Crippen molar-refractivity contribution in [3.63, 3.8) is 0 Å². The Kier molecular flexibility index (Phi) is 4.39. The predicted molar refractivity (Wildman–Crippen MR) is 75.3 cm³/mol. The topological polar surface area (TPSA) is 29.9 Å². The second-order valence-corrected chi connectivity index (χ2v) is 4.58. The van der Waals surface area contributed by atoms with Crippen LogP contribution in [0.3, 0.4) is 0 Å². The molecule has 96 valence electrons. The summed E-state index contributed by atoms with van der Waals surface area (Å²) in [5.74, 6) is 0. The molecule has 18 heavy (non-hydrogen) atoms. The molecule has 1 heterocycles. The van der Waals surface area contributed by atoms with E-state index < -0.39 is 0 Å². The SMILES string of the molecule is CCNCc1cnn(-c2ccc(Cl)cc2)c1CC. The molecular weight excluding hydrogens is 246 g/mol. The number of benzene rings is 1. The van der Waals surface area contributed by atoms with Gasteiger partial charge in [0.25, 0.3) is 0 Å². The lowest BCUT2D eigenvalue weighted by atomic mass is 10.2. The van der Waals surface area contributed by atoms with Crippen LogP contribution in [0.4, 0.5) is 0 Å². The summed E-state index contributed by atoms with van der Waals surface area (Å²) < 4.78 is 1.99. The molecule has 3 nitrogen and oxygen atoms in total. The highest BCUT2D eigenvalue weighted by Crippen LogP contribution is 2.17. The maximum absolute atomic E-state index is 5.91. The summed E-state index contributed by atoms with van der Waals surface area (Å²) in [6.07, 6.45) is 2.90. The van der Waals surface area contributed by atoms with Crippen LogP contribution in [0.25, 0.3) is 5.69 Å². The average Bonchev–Trinajstić information content (AvgIpc) is 2.80. The molecule has 4 heteroatoms. The van der Waals surface area contributed by atoms with Crippen LogP contribution in [-0.2, 0) is 13.0 Å². The van der Waals surface area contributed by atoms with Crippen molar-refractivity contribution in [1.82, 2.24) is 15.1 Å². The van der Waals surface area contributed by atoms with Crippen molar-refractivity contribution < 1.29 is 0 Å². The van der Waals surface area contributed by atoms with Crippen LogP contribution in [0, 0.1) is 0 Å². The van der Waals surface area contributed by atoms with Crippen LogP contribution >= 0.6 is 11.6 Å². The zero-order valence-electron chi connectivity index (χ0n) is 10.8. The Balaban J connectivity index is 2.33. The molecule has 0 aliphatic rings. The van der Waals surface area contributed by atoms with E-state index in [1.807, 2.05) is 35.1 Å². The smallest absolute Gasteiger partial charge is 0.0649 e. The minimum Gasteiger partial charge on any atom is -0.313 e. The highest BCUT2D eigenvalue weighted by molar-refractivity contribution is 6.30. The fourth-order valence-electron chi connectivity index (χ4n) is 2.00.